The van der Waals surface area contributed by atoms with Gasteiger partial charge in [-0.15, -0.1) is 0 Å². The Kier molecular flexibility index (Phi) is 4.92. The molecule has 7 heteroatoms. The third-order valence-electron chi connectivity index (χ3n) is 5.30. The lowest BCUT2D eigenvalue weighted by Crippen LogP contribution is -2.10. The average molecular weight is 409 g/mol. The molecule has 150 valence electrons. The van der Waals surface area contributed by atoms with Gasteiger partial charge in [0, 0.05) is 18.8 Å². The molecule has 0 fully saturated rings. The van der Waals surface area contributed by atoms with Crippen LogP contribution in [0.1, 0.15) is 37.3 Å². The number of rotatable bonds is 3. The van der Waals surface area contributed by atoms with Crippen LogP contribution in [0.2, 0.25) is 0 Å². The monoisotopic (exact) mass is 408 g/mol. The maximum Gasteiger partial charge on any atom is 0.200 e. The predicted molar refractivity (Wildman–Crippen MR) is 117 cm³/mol. The molecule has 0 spiro atoms. The van der Waals surface area contributed by atoms with Gasteiger partial charge in [0.2, 0.25) is 0 Å². The quantitative estimate of drug-likeness (QED) is 0.530. The second-order valence-electron chi connectivity index (χ2n) is 7.62. The van der Waals surface area contributed by atoms with E-state index in [2.05, 4.69) is 39.5 Å². The molecule has 0 saturated carbocycles. The highest BCUT2D eigenvalue weighted by Crippen LogP contribution is 2.38. The molecule has 2 aromatic carbocycles. The number of allylic oxidation sites excluding steroid dienone is 1. The summed E-state index contributed by atoms with van der Waals surface area (Å²) in [6.45, 7) is 3.98. The van der Waals surface area contributed by atoms with Gasteiger partial charge in [-0.3, -0.25) is 9.67 Å². The summed E-state index contributed by atoms with van der Waals surface area (Å²) in [5.74, 6) is 0.621. The summed E-state index contributed by atoms with van der Waals surface area (Å²) in [5, 5.41) is 27.9. The van der Waals surface area contributed by atoms with E-state index >= 15 is 0 Å². The van der Waals surface area contributed by atoms with Crippen molar-refractivity contribution in [2.45, 2.75) is 32.6 Å². The van der Waals surface area contributed by atoms with Gasteiger partial charge >= 0.3 is 0 Å². The van der Waals surface area contributed by atoms with Crippen molar-refractivity contribution in [3.05, 3.63) is 58.5 Å². The SMILES string of the molecule is CC(C)c1cc(-c2n[nH]c(=S)n2-c2ccc3c(c2)N(C)C=CCC3)c(O)cc1O. The number of benzene rings is 2. The molecule has 0 unspecified atom stereocenters. The molecule has 4 rings (SSSR count). The van der Waals surface area contributed by atoms with Crippen LogP contribution in [0.3, 0.4) is 0 Å². The molecule has 3 N–H and O–H groups in total. The number of fused-ring (bicyclic) bond motifs is 1. The first kappa shape index (κ1) is 19.3. The van der Waals surface area contributed by atoms with E-state index in [-0.39, 0.29) is 17.4 Å². The summed E-state index contributed by atoms with van der Waals surface area (Å²) in [4.78, 5) is 2.10. The Morgan fingerprint density at radius 2 is 1.93 bits per heavy atom. The number of nitrogens with one attached hydrogen (secondary N) is 1. The fraction of sp³-hybridized carbons (Fsp3) is 0.273. The van der Waals surface area contributed by atoms with Gasteiger partial charge < -0.3 is 15.1 Å². The van der Waals surface area contributed by atoms with Crippen molar-refractivity contribution >= 4 is 17.9 Å². The number of H-pyrrole nitrogens is 1. The number of nitrogens with zero attached hydrogens (tertiary/aromatic N) is 3. The Hall–Kier alpha value is -3.06. The first-order valence-electron chi connectivity index (χ1n) is 9.63. The third kappa shape index (κ3) is 3.42. The van der Waals surface area contributed by atoms with Gasteiger partial charge in [-0.25, -0.2) is 0 Å². The molecule has 6 nitrogen and oxygen atoms in total. The smallest absolute Gasteiger partial charge is 0.200 e. The Morgan fingerprint density at radius 1 is 1.14 bits per heavy atom. The lowest BCUT2D eigenvalue weighted by molar-refractivity contribution is 0.444. The Morgan fingerprint density at radius 3 is 2.69 bits per heavy atom. The van der Waals surface area contributed by atoms with E-state index in [0.717, 1.165) is 29.8 Å². The molecule has 0 bridgehead atoms. The van der Waals surface area contributed by atoms with Crippen molar-refractivity contribution in [2.75, 3.05) is 11.9 Å². The van der Waals surface area contributed by atoms with Gasteiger partial charge in [-0.2, -0.15) is 5.10 Å². The largest absolute Gasteiger partial charge is 0.508 e. The molecule has 2 heterocycles. The van der Waals surface area contributed by atoms with Crippen molar-refractivity contribution in [1.82, 2.24) is 14.8 Å². The minimum absolute atomic E-state index is 0.0445. The highest BCUT2D eigenvalue weighted by Gasteiger charge is 2.19. The van der Waals surface area contributed by atoms with Gasteiger partial charge in [0.05, 0.1) is 11.3 Å². The maximum atomic E-state index is 10.5. The van der Waals surface area contributed by atoms with E-state index in [1.807, 2.05) is 31.5 Å². The topological polar surface area (TPSA) is 77.3 Å². The number of aromatic amines is 1. The molecule has 3 aromatic rings. The number of anilines is 1. The van der Waals surface area contributed by atoms with Gasteiger partial charge in [0.1, 0.15) is 11.5 Å². The average Bonchev–Trinajstić information content (AvgIpc) is 2.95. The van der Waals surface area contributed by atoms with Gasteiger partial charge in [-0.05, 0) is 66.5 Å². The van der Waals surface area contributed by atoms with Crippen molar-refractivity contribution < 1.29 is 10.2 Å². The van der Waals surface area contributed by atoms with Crippen LogP contribution in [0, 0.1) is 4.77 Å². The number of aryl methyl sites for hydroxylation is 1. The zero-order chi connectivity index (χ0) is 20.7. The molecule has 29 heavy (non-hydrogen) atoms. The molecule has 1 aliphatic heterocycles. The highest BCUT2D eigenvalue weighted by atomic mass is 32.1. The molecular formula is C22H24N4O2S. The van der Waals surface area contributed by atoms with E-state index in [9.17, 15) is 10.2 Å². The molecule has 1 aliphatic rings. The summed E-state index contributed by atoms with van der Waals surface area (Å²) >= 11 is 5.51. The second-order valence-corrected chi connectivity index (χ2v) is 8.00. The molecule has 0 atom stereocenters. The predicted octanol–water partition coefficient (Wildman–Crippen LogP) is 5.03. The first-order chi connectivity index (χ1) is 13.9. The summed E-state index contributed by atoms with van der Waals surface area (Å²) in [6.07, 6.45) is 6.23. The van der Waals surface area contributed by atoms with Crippen LogP contribution in [-0.2, 0) is 6.42 Å². The van der Waals surface area contributed by atoms with E-state index in [1.54, 1.807) is 6.07 Å². The number of phenols is 2. The summed E-state index contributed by atoms with van der Waals surface area (Å²) in [7, 11) is 2.03. The standard InChI is InChI=1S/C22H24N4O2S/c1-13(2)16-11-17(20(28)12-19(16)27)21-23-24-22(29)26(21)15-8-7-14-6-4-5-9-25(3)18(14)10-15/h5,7-13,27-28H,4,6H2,1-3H3,(H,24,29). The zero-order valence-electron chi connectivity index (χ0n) is 16.7. The Bertz CT molecular complexity index is 1160. The fourth-order valence-electron chi connectivity index (χ4n) is 3.74. The van der Waals surface area contributed by atoms with Crippen molar-refractivity contribution in [3.8, 4) is 28.6 Å². The summed E-state index contributed by atoms with van der Waals surface area (Å²) < 4.78 is 2.25. The van der Waals surface area contributed by atoms with Gasteiger partial charge in [0.25, 0.3) is 0 Å². The highest BCUT2D eigenvalue weighted by molar-refractivity contribution is 7.71. The van der Waals surface area contributed by atoms with Crippen LogP contribution in [-0.4, -0.2) is 32.0 Å². The second kappa shape index (κ2) is 7.40. The van der Waals surface area contributed by atoms with Gasteiger partial charge in [0.15, 0.2) is 10.6 Å². The summed E-state index contributed by atoms with van der Waals surface area (Å²) in [6, 6.07) is 9.36. The lowest BCUT2D eigenvalue weighted by atomic mass is 9.98. The molecular weight excluding hydrogens is 384 g/mol. The van der Waals surface area contributed by atoms with Crippen molar-refractivity contribution in [1.29, 1.82) is 0 Å². The third-order valence-corrected chi connectivity index (χ3v) is 5.57. The molecule has 1 aromatic heterocycles. The minimum atomic E-state index is -0.0445. The van der Waals surface area contributed by atoms with Crippen LogP contribution < -0.4 is 4.90 Å². The first-order valence-corrected chi connectivity index (χ1v) is 10.0. The molecule has 0 amide bonds. The molecule has 0 aliphatic carbocycles. The van der Waals surface area contributed by atoms with Crippen molar-refractivity contribution in [2.24, 2.45) is 0 Å². The van der Waals surface area contributed by atoms with Crippen LogP contribution in [0.5, 0.6) is 11.5 Å². The van der Waals surface area contributed by atoms with Crippen LogP contribution in [0.15, 0.2) is 42.6 Å². The Balaban J connectivity index is 1.90. The minimum Gasteiger partial charge on any atom is -0.508 e. The number of aromatic hydroxyl groups is 2. The lowest BCUT2D eigenvalue weighted by Gasteiger charge is -2.19. The van der Waals surface area contributed by atoms with E-state index in [0.29, 0.717) is 16.2 Å². The normalized spacial score (nSPS) is 13.6. The molecule has 0 saturated heterocycles. The van der Waals surface area contributed by atoms with E-state index in [1.165, 1.54) is 11.6 Å². The van der Waals surface area contributed by atoms with Crippen molar-refractivity contribution in [3.63, 3.8) is 0 Å². The number of hydrogen-bond acceptors (Lipinski definition) is 5. The fourth-order valence-corrected chi connectivity index (χ4v) is 3.97. The van der Waals surface area contributed by atoms with Crippen LogP contribution in [0.25, 0.3) is 17.1 Å². The maximum absolute atomic E-state index is 10.5. The van der Waals surface area contributed by atoms with Crippen LogP contribution in [0.4, 0.5) is 5.69 Å². The molecule has 0 radical (unpaired) electrons. The van der Waals surface area contributed by atoms with E-state index in [4.69, 9.17) is 12.2 Å². The zero-order valence-corrected chi connectivity index (χ0v) is 17.5. The van der Waals surface area contributed by atoms with E-state index < -0.39 is 0 Å². The number of phenolic OH excluding ortho intramolecular Hbond substituents is 2. The number of hydrogen-bond donors (Lipinski definition) is 3. The van der Waals surface area contributed by atoms with Crippen LogP contribution >= 0.6 is 12.2 Å². The summed E-state index contributed by atoms with van der Waals surface area (Å²) in [5.41, 5.74) is 4.50. The Labute approximate surface area is 174 Å². The van der Waals surface area contributed by atoms with Gasteiger partial charge in [-0.1, -0.05) is 26.0 Å². The number of aromatic nitrogens is 3.